The number of hydrogen-bond acceptors (Lipinski definition) is 4. The van der Waals surface area contributed by atoms with Crippen LogP contribution in [-0.4, -0.2) is 60.0 Å². The Bertz CT molecular complexity index is 514. The lowest BCUT2D eigenvalue weighted by molar-refractivity contribution is -0.156. The van der Waals surface area contributed by atoms with Gasteiger partial charge in [-0.2, -0.15) is 0 Å². The van der Waals surface area contributed by atoms with Gasteiger partial charge in [0.25, 0.3) is 5.91 Å². The molecule has 0 aliphatic carbocycles. The van der Waals surface area contributed by atoms with Crippen LogP contribution in [0.1, 0.15) is 31.1 Å². The van der Waals surface area contributed by atoms with Gasteiger partial charge in [0.05, 0.1) is 6.54 Å². The van der Waals surface area contributed by atoms with E-state index in [0.29, 0.717) is 31.7 Å². The summed E-state index contributed by atoms with van der Waals surface area (Å²) < 4.78 is 5.32. The van der Waals surface area contributed by atoms with Crippen LogP contribution in [0.4, 0.5) is 0 Å². The molecule has 1 fully saturated rings. The first kappa shape index (κ1) is 16.5. The molecular weight excluding hydrogens is 280 g/mol. The normalized spacial score (nSPS) is 16.4. The second-order valence-corrected chi connectivity index (χ2v) is 6.52. The molecule has 1 aliphatic heterocycles. The Labute approximate surface area is 131 Å². The smallest absolute Gasteiger partial charge is 0.320 e. The van der Waals surface area contributed by atoms with E-state index in [0.717, 1.165) is 0 Å². The van der Waals surface area contributed by atoms with E-state index in [-0.39, 0.29) is 18.4 Å². The van der Waals surface area contributed by atoms with Crippen LogP contribution in [0.25, 0.3) is 0 Å². The van der Waals surface area contributed by atoms with Crippen molar-refractivity contribution >= 4 is 11.9 Å². The summed E-state index contributed by atoms with van der Waals surface area (Å²) in [6.45, 7) is 8.53. The lowest BCUT2D eigenvalue weighted by Crippen LogP contribution is -2.50. The lowest BCUT2D eigenvalue weighted by Gasteiger charge is -2.34. The highest BCUT2D eigenvalue weighted by Gasteiger charge is 2.25. The Balaban J connectivity index is 1.81. The Hall–Kier alpha value is -1.88. The van der Waals surface area contributed by atoms with Crippen LogP contribution in [0, 0.1) is 0 Å². The van der Waals surface area contributed by atoms with Crippen molar-refractivity contribution in [1.29, 1.82) is 0 Å². The minimum absolute atomic E-state index is 0.0533. The minimum atomic E-state index is -0.456. The maximum Gasteiger partial charge on any atom is 0.320 e. The molecule has 0 saturated carbocycles. The first-order valence-corrected chi connectivity index (χ1v) is 7.64. The molecule has 0 aromatic heterocycles. The fourth-order valence-corrected chi connectivity index (χ4v) is 2.43. The van der Waals surface area contributed by atoms with Gasteiger partial charge in [0.2, 0.25) is 0 Å². The summed E-state index contributed by atoms with van der Waals surface area (Å²) in [5.74, 6) is -0.159. The number of nitrogens with zero attached hydrogens (tertiary/aromatic N) is 2. The van der Waals surface area contributed by atoms with Gasteiger partial charge in [0.1, 0.15) is 5.60 Å². The third-order valence-corrected chi connectivity index (χ3v) is 3.45. The molecule has 0 radical (unpaired) electrons. The van der Waals surface area contributed by atoms with Crippen LogP contribution in [0.5, 0.6) is 0 Å². The van der Waals surface area contributed by atoms with E-state index in [9.17, 15) is 9.59 Å². The molecule has 1 heterocycles. The van der Waals surface area contributed by atoms with Gasteiger partial charge in [-0.1, -0.05) is 18.2 Å². The summed E-state index contributed by atoms with van der Waals surface area (Å²) in [4.78, 5) is 28.0. The number of benzene rings is 1. The SMILES string of the molecule is CC(C)(C)OC(=O)CN1CCN(C(=O)c2ccccc2)CC1. The van der Waals surface area contributed by atoms with Crippen molar-refractivity contribution in [2.75, 3.05) is 32.7 Å². The standard InChI is InChI=1S/C17H24N2O3/c1-17(2,3)22-15(20)13-18-9-11-19(12-10-18)16(21)14-7-5-4-6-8-14/h4-8H,9-13H2,1-3H3. The highest BCUT2D eigenvalue weighted by Crippen LogP contribution is 2.11. The van der Waals surface area contributed by atoms with E-state index in [1.165, 1.54) is 0 Å². The summed E-state index contributed by atoms with van der Waals surface area (Å²) in [6.07, 6.45) is 0. The van der Waals surface area contributed by atoms with Crippen molar-refractivity contribution in [1.82, 2.24) is 9.80 Å². The molecule has 5 nitrogen and oxygen atoms in total. The van der Waals surface area contributed by atoms with Crippen molar-refractivity contribution in [3.63, 3.8) is 0 Å². The average molecular weight is 304 g/mol. The summed E-state index contributed by atoms with van der Waals surface area (Å²) in [6, 6.07) is 9.29. The van der Waals surface area contributed by atoms with Crippen LogP contribution in [-0.2, 0) is 9.53 Å². The number of hydrogen-bond donors (Lipinski definition) is 0. The molecule has 1 aromatic rings. The molecule has 0 bridgehead atoms. The van der Waals surface area contributed by atoms with Gasteiger partial charge in [-0.15, -0.1) is 0 Å². The number of amides is 1. The van der Waals surface area contributed by atoms with Crippen LogP contribution in [0.3, 0.4) is 0 Å². The largest absolute Gasteiger partial charge is 0.459 e. The van der Waals surface area contributed by atoms with E-state index in [1.54, 1.807) is 0 Å². The lowest BCUT2D eigenvalue weighted by atomic mass is 10.2. The summed E-state index contributed by atoms with van der Waals surface area (Å²) >= 11 is 0. The molecule has 0 atom stereocenters. The summed E-state index contributed by atoms with van der Waals surface area (Å²) in [5, 5.41) is 0. The fourth-order valence-electron chi connectivity index (χ4n) is 2.43. The first-order chi connectivity index (χ1) is 10.3. The van der Waals surface area contributed by atoms with Crippen molar-refractivity contribution in [2.45, 2.75) is 26.4 Å². The van der Waals surface area contributed by atoms with Gasteiger partial charge < -0.3 is 9.64 Å². The van der Waals surface area contributed by atoms with E-state index in [4.69, 9.17) is 4.74 Å². The van der Waals surface area contributed by atoms with E-state index in [2.05, 4.69) is 0 Å². The quantitative estimate of drug-likeness (QED) is 0.799. The van der Waals surface area contributed by atoms with Crippen LogP contribution in [0.15, 0.2) is 30.3 Å². The zero-order chi connectivity index (χ0) is 16.2. The van der Waals surface area contributed by atoms with E-state index >= 15 is 0 Å². The Morgan fingerprint density at radius 3 is 2.18 bits per heavy atom. The molecule has 1 aliphatic rings. The number of carbonyl (C=O) groups excluding carboxylic acids is 2. The molecule has 120 valence electrons. The van der Waals surface area contributed by atoms with Gasteiger partial charge in [-0.3, -0.25) is 14.5 Å². The van der Waals surface area contributed by atoms with Gasteiger partial charge in [0, 0.05) is 31.7 Å². The van der Waals surface area contributed by atoms with Crippen LogP contribution >= 0.6 is 0 Å². The van der Waals surface area contributed by atoms with Crippen molar-refractivity contribution in [3.05, 3.63) is 35.9 Å². The van der Waals surface area contributed by atoms with E-state index < -0.39 is 5.60 Å². The molecule has 0 unspecified atom stereocenters. The van der Waals surface area contributed by atoms with Crippen LogP contribution in [0.2, 0.25) is 0 Å². The van der Waals surface area contributed by atoms with Gasteiger partial charge in [-0.25, -0.2) is 0 Å². The van der Waals surface area contributed by atoms with Crippen molar-refractivity contribution in [2.24, 2.45) is 0 Å². The topological polar surface area (TPSA) is 49.9 Å². The average Bonchev–Trinajstić information content (AvgIpc) is 2.46. The zero-order valence-electron chi connectivity index (χ0n) is 13.5. The molecule has 22 heavy (non-hydrogen) atoms. The van der Waals surface area contributed by atoms with E-state index in [1.807, 2.05) is 60.9 Å². The summed E-state index contributed by atoms with van der Waals surface area (Å²) in [5.41, 5.74) is 0.255. The molecule has 1 amide bonds. The third kappa shape index (κ3) is 4.84. The second-order valence-electron chi connectivity index (χ2n) is 6.52. The maximum absolute atomic E-state index is 12.3. The van der Waals surface area contributed by atoms with Gasteiger partial charge in [-0.05, 0) is 32.9 Å². The molecule has 0 spiro atoms. The monoisotopic (exact) mass is 304 g/mol. The number of ether oxygens (including phenoxy) is 1. The fraction of sp³-hybridized carbons (Fsp3) is 0.529. The Morgan fingerprint density at radius 2 is 1.64 bits per heavy atom. The molecule has 1 saturated heterocycles. The third-order valence-electron chi connectivity index (χ3n) is 3.45. The second kappa shape index (κ2) is 6.92. The highest BCUT2D eigenvalue weighted by molar-refractivity contribution is 5.94. The molecule has 5 heteroatoms. The number of esters is 1. The Kier molecular flexibility index (Phi) is 5.19. The predicted octanol–water partition coefficient (Wildman–Crippen LogP) is 1.79. The zero-order valence-corrected chi connectivity index (χ0v) is 13.5. The van der Waals surface area contributed by atoms with Gasteiger partial charge >= 0.3 is 5.97 Å². The minimum Gasteiger partial charge on any atom is -0.459 e. The van der Waals surface area contributed by atoms with Crippen molar-refractivity contribution < 1.29 is 14.3 Å². The Morgan fingerprint density at radius 1 is 1.05 bits per heavy atom. The van der Waals surface area contributed by atoms with Gasteiger partial charge in [0.15, 0.2) is 0 Å². The highest BCUT2D eigenvalue weighted by atomic mass is 16.6. The molecule has 2 rings (SSSR count). The van der Waals surface area contributed by atoms with Crippen molar-refractivity contribution in [3.8, 4) is 0 Å². The predicted molar refractivity (Wildman–Crippen MR) is 84.6 cm³/mol. The number of piperazine rings is 1. The first-order valence-electron chi connectivity index (χ1n) is 7.64. The van der Waals surface area contributed by atoms with Crippen LogP contribution < -0.4 is 0 Å². The summed E-state index contributed by atoms with van der Waals surface area (Å²) in [7, 11) is 0. The molecular formula is C17H24N2O3. The maximum atomic E-state index is 12.3. The molecule has 1 aromatic carbocycles. The molecule has 0 N–H and O–H groups in total. The number of rotatable bonds is 3. The number of carbonyl (C=O) groups is 2.